The number of aryl methyl sites for hydroxylation is 2. The zero-order chi connectivity index (χ0) is 18.1. The van der Waals surface area contributed by atoms with E-state index in [-0.39, 0.29) is 12.5 Å². The molecule has 1 aromatic heterocycles. The van der Waals surface area contributed by atoms with Crippen molar-refractivity contribution in [1.82, 2.24) is 14.9 Å². The predicted octanol–water partition coefficient (Wildman–Crippen LogP) is 2.74. The van der Waals surface area contributed by atoms with Gasteiger partial charge in [0.05, 0.1) is 11.0 Å². The van der Waals surface area contributed by atoms with Crippen molar-refractivity contribution in [2.75, 3.05) is 13.2 Å². The largest absolute Gasteiger partial charge is 0.486 e. The molecule has 2 aromatic carbocycles. The van der Waals surface area contributed by atoms with E-state index in [0.717, 1.165) is 22.4 Å². The van der Waals surface area contributed by atoms with Crippen molar-refractivity contribution in [3.63, 3.8) is 0 Å². The molecule has 0 saturated carbocycles. The lowest BCUT2D eigenvalue weighted by Crippen LogP contribution is -2.27. The quantitative estimate of drug-likeness (QED) is 0.785. The summed E-state index contributed by atoms with van der Waals surface area (Å²) in [6.45, 7) is 5.74. The summed E-state index contributed by atoms with van der Waals surface area (Å²) in [6.07, 6.45) is 0. The van der Waals surface area contributed by atoms with E-state index in [1.54, 1.807) is 0 Å². The van der Waals surface area contributed by atoms with Gasteiger partial charge < -0.3 is 19.4 Å². The van der Waals surface area contributed by atoms with E-state index in [1.165, 1.54) is 5.56 Å². The third kappa shape index (κ3) is 3.22. The Bertz CT molecular complexity index is 961. The summed E-state index contributed by atoms with van der Waals surface area (Å²) >= 11 is 0. The number of carbonyl (C=O) groups excluding carboxylic acids is 1. The van der Waals surface area contributed by atoms with Crippen molar-refractivity contribution >= 4 is 16.9 Å². The fourth-order valence-corrected chi connectivity index (χ4v) is 3.09. The number of amides is 1. The molecule has 0 aliphatic carbocycles. The summed E-state index contributed by atoms with van der Waals surface area (Å²) in [6, 6.07) is 11.9. The Hall–Kier alpha value is -3.02. The number of fused-ring (bicyclic) bond motifs is 2. The van der Waals surface area contributed by atoms with Gasteiger partial charge in [0.15, 0.2) is 11.5 Å². The average Bonchev–Trinajstić information content (AvgIpc) is 2.94. The minimum atomic E-state index is -0.0529. The zero-order valence-electron chi connectivity index (χ0n) is 14.9. The van der Waals surface area contributed by atoms with Crippen LogP contribution in [0.5, 0.6) is 11.5 Å². The number of hydrogen-bond donors (Lipinski definition) is 1. The van der Waals surface area contributed by atoms with Crippen LogP contribution in [0.1, 0.15) is 17.0 Å². The van der Waals surface area contributed by atoms with Gasteiger partial charge in [0.25, 0.3) is 0 Å². The summed E-state index contributed by atoms with van der Waals surface area (Å²) < 4.78 is 13.2. The van der Waals surface area contributed by atoms with E-state index >= 15 is 0 Å². The van der Waals surface area contributed by atoms with Crippen LogP contribution >= 0.6 is 0 Å². The molecule has 0 unspecified atom stereocenters. The lowest BCUT2D eigenvalue weighted by atomic mass is 10.1. The average molecular weight is 351 g/mol. The second kappa shape index (κ2) is 6.71. The second-order valence-electron chi connectivity index (χ2n) is 6.49. The normalized spacial score (nSPS) is 13.0. The summed E-state index contributed by atoms with van der Waals surface area (Å²) in [4.78, 5) is 17.0. The Kier molecular flexibility index (Phi) is 4.24. The molecule has 0 spiro atoms. The van der Waals surface area contributed by atoms with E-state index in [9.17, 15) is 4.79 Å². The van der Waals surface area contributed by atoms with Gasteiger partial charge in [-0.15, -0.1) is 0 Å². The van der Waals surface area contributed by atoms with Gasteiger partial charge in [0, 0.05) is 18.7 Å². The van der Waals surface area contributed by atoms with Gasteiger partial charge in [-0.1, -0.05) is 29.8 Å². The van der Waals surface area contributed by atoms with E-state index in [1.807, 2.05) is 54.8 Å². The van der Waals surface area contributed by atoms with Gasteiger partial charge in [0.1, 0.15) is 25.6 Å². The number of nitrogens with zero attached hydrogens (tertiary/aromatic N) is 2. The molecule has 0 radical (unpaired) electrons. The van der Waals surface area contributed by atoms with E-state index in [2.05, 4.69) is 10.3 Å². The van der Waals surface area contributed by atoms with E-state index in [4.69, 9.17) is 9.47 Å². The Balaban J connectivity index is 1.51. The molecule has 1 aliphatic rings. The second-order valence-corrected chi connectivity index (χ2v) is 6.49. The molecule has 0 saturated heterocycles. The number of ether oxygens (including phenoxy) is 2. The molecule has 0 bridgehead atoms. The highest BCUT2D eigenvalue weighted by atomic mass is 16.6. The molecule has 134 valence electrons. The van der Waals surface area contributed by atoms with Crippen LogP contribution in [-0.4, -0.2) is 28.7 Å². The molecule has 1 aliphatic heterocycles. The molecule has 0 atom stereocenters. The van der Waals surface area contributed by atoms with Gasteiger partial charge >= 0.3 is 0 Å². The number of rotatable bonds is 4. The van der Waals surface area contributed by atoms with Crippen LogP contribution in [0.3, 0.4) is 0 Å². The van der Waals surface area contributed by atoms with E-state index in [0.29, 0.717) is 31.3 Å². The van der Waals surface area contributed by atoms with Crippen molar-refractivity contribution in [3.8, 4) is 11.5 Å². The Labute approximate surface area is 151 Å². The lowest BCUT2D eigenvalue weighted by molar-refractivity contribution is -0.121. The van der Waals surface area contributed by atoms with Crippen LogP contribution in [0.4, 0.5) is 0 Å². The Morgan fingerprint density at radius 3 is 2.54 bits per heavy atom. The number of nitrogens with one attached hydrogen (secondary N) is 1. The van der Waals surface area contributed by atoms with Crippen molar-refractivity contribution in [2.24, 2.45) is 0 Å². The number of carbonyl (C=O) groups is 1. The lowest BCUT2D eigenvalue weighted by Gasteiger charge is -2.18. The van der Waals surface area contributed by atoms with Gasteiger partial charge in [-0.2, -0.15) is 0 Å². The third-order valence-electron chi connectivity index (χ3n) is 4.52. The molecule has 2 heterocycles. The predicted molar refractivity (Wildman–Crippen MR) is 98.5 cm³/mol. The monoisotopic (exact) mass is 351 g/mol. The Morgan fingerprint density at radius 1 is 1.12 bits per heavy atom. The highest BCUT2D eigenvalue weighted by Gasteiger charge is 2.18. The molecular weight excluding hydrogens is 330 g/mol. The SMILES string of the molecule is Cc1ccc(CNC(=O)Cn2c(C)nc3cc4c(cc32)OCCO4)cc1. The minimum absolute atomic E-state index is 0.0529. The molecule has 3 aromatic rings. The first-order chi connectivity index (χ1) is 12.6. The van der Waals surface area contributed by atoms with Gasteiger partial charge in [-0.25, -0.2) is 4.98 Å². The van der Waals surface area contributed by atoms with Crippen molar-refractivity contribution in [3.05, 3.63) is 53.3 Å². The first kappa shape index (κ1) is 16.4. The number of hydrogen-bond acceptors (Lipinski definition) is 4. The van der Waals surface area contributed by atoms with Crippen LogP contribution in [0.25, 0.3) is 11.0 Å². The van der Waals surface area contributed by atoms with Crippen LogP contribution in [0, 0.1) is 13.8 Å². The van der Waals surface area contributed by atoms with Gasteiger partial charge in [-0.3, -0.25) is 4.79 Å². The smallest absolute Gasteiger partial charge is 0.240 e. The molecule has 0 fully saturated rings. The summed E-state index contributed by atoms with van der Waals surface area (Å²) in [5, 5.41) is 2.97. The fourth-order valence-electron chi connectivity index (χ4n) is 3.09. The minimum Gasteiger partial charge on any atom is -0.486 e. The number of imidazole rings is 1. The van der Waals surface area contributed by atoms with Gasteiger partial charge in [-0.05, 0) is 19.4 Å². The van der Waals surface area contributed by atoms with Gasteiger partial charge in [0.2, 0.25) is 5.91 Å². The summed E-state index contributed by atoms with van der Waals surface area (Å²) in [7, 11) is 0. The molecule has 1 amide bonds. The topological polar surface area (TPSA) is 65.4 Å². The van der Waals surface area contributed by atoms with Crippen LogP contribution in [0.15, 0.2) is 36.4 Å². The first-order valence-corrected chi connectivity index (χ1v) is 8.69. The summed E-state index contributed by atoms with van der Waals surface area (Å²) in [5.41, 5.74) is 3.96. The summed E-state index contributed by atoms with van der Waals surface area (Å²) in [5.74, 6) is 2.14. The number of aromatic nitrogens is 2. The first-order valence-electron chi connectivity index (χ1n) is 8.69. The Morgan fingerprint density at radius 2 is 1.81 bits per heavy atom. The maximum atomic E-state index is 12.4. The molecule has 1 N–H and O–H groups in total. The maximum absolute atomic E-state index is 12.4. The highest BCUT2D eigenvalue weighted by Crippen LogP contribution is 2.34. The molecule has 4 rings (SSSR count). The highest BCUT2D eigenvalue weighted by molar-refractivity contribution is 5.83. The van der Waals surface area contributed by atoms with E-state index < -0.39 is 0 Å². The van der Waals surface area contributed by atoms with Crippen molar-refractivity contribution in [2.45, 2.75) is 26.9 Å². The molecule has 6 heteroatoms. The van der Waals surface area contributed by atoms with Crippen molar-refractivity contribution in [1.29, 1.82) is 0 Å². The van der Waals surface area contributed by atoms with Crippen molar-refractivity contribution < 1.29 is 14.3 Å². The molecular formula is C20H21N3O3. The fraction of sp³-hybridized carbons (Fsp3) is 0.300. The van der Waals surface area contributed by atoms with Crippen LogP contribution < -0.4 is 14.8 Å². The zero-order valence-corrected chi connectivity index (χ0v) is 14.9. The third-order valence-corrected chi connectivity index (χ3v) is 4.52. The maximum Gasteiger partial charge on any atom is 0.240 e. The van der Waals surface area contributed by atoms with Crippen LogP contribution in [0.2, 0.25) is 0 Å². The standard InChI is InChI=1S/C20H21N3O3/c1-13-3-5-15(6-4-13)11-21-20(24)12-23-14(2)22-16-9-18-19(10-17(16)23)26-8-7-25-18/h3-6,9-10H,7-8,11-12H2,1-2H3,(H,21,24). The molecule has 26 heavy (non-hydrogen) atoms. The molecule has 6 nitrogen and oxygen atoms in total. The number of benzene rings is 2. The van der Waals surface area contributed by atoms with Crippen LogP contribution in [-0.2, 0) is 17.9 Å².